The molecule has 30 heavy (non-hydrogen) atoms. The first-order chi connectivity index (χ1) is 14.4. The number of nitro groups is 1. The van der Waals surface area contributed by atoms with Gasteiger partial charge in [-0.1, -0.05) is 0 Å². The second kappa shape index (κ2) is 8.04. The number of ether oxygens (including phenoxy) is 2. The molecule has 9 heteroatoms. The van der Waals surface area contributed by atoms with E-state index < -0.39 is 28.1 Å². The van der Waals surface area contributed by atoms with E-state index in [4.69, 9.17) is 9.47 Å². The number of hydrogen-bond acceptors (Lipinski definition) is 5. The second-order valence-electron chi connectivity index (χ2n) is 7.68. The molecule has 2 aliphatic rings. The fraction of sp³-hybridized carbons (Fsp3) is 0.429. The molecule has 0 atom stereocenters. The summed E-state index contributed by atoms with van der Waals surface area (Å²) in [6.45, 7) is 0.334. The Morgan fingerprint density at radius 1 is 1.10 bits per heavy atom. The lowest BCUT2D eigenvalue weighted by Crippen LogP contribution is -2.27. The van der Waals surface area contributed by atoms with Gasteiger partial charge in [0.25, 0.3) is 0 Å². The maximum Gasteiger partial charge on any atom is 0.307 e. The lowest BCUT2D eigenvalue weighted by atomic mass is 10.1. The molecule has 0 unspecified atom stereocenters. The van der Waals surface area contributed by atoms with Gasteiger partial charge in [-0.2, -0.15) is 4.39 Å². The molecular weight excluding hydrogens is 401 g/mol. The molecule has 6 nitrogen and oxygen atoms in total. The molecule has 0 amide bonds. The lowest BCUT2D eigenvalue weighted by Gasteiger charge is -2.27. The number of nitro benzene ring substituents is 1. The highest BCUT2D eigenvalue weighted by Gasteiger charge is 2.34. The molecule has 0 saturated heterocycles. The summed E-state index contributed by atoms with van der Waals surface area (Å²) in [7, 11) is 1.32. The normalized spacial score (nSPS) is 15.7. The van der Waals surface area contributed by atoms with Gasteiger partial charge >= 0.3 is 5.69 Å². The molecule has 2 aromatic carbocycles. The SMILES string of the molecule is COc1cc(F)c([N+](=O)[O-])cc1N(Cc1c(OCC2CC2)ccc(F)c1F)C1CC1. The largest absolute Gasteiger partial charge is 0.494 e. The van der Waals surface area contributed by atoms with Crippen LogP contribution in [0.3, 0.4) is 0 Å². The van der Waals surface area contributed by atoms with Crippen LogP contribution in [0, 0.1) is 33.5 Å². The van der Waals surface area contributed by atoms with Crippen molar-refractivity contribution in [3.8, 4) is 11.5 Å². The minimum Gasteiger partial charge on any atom is -0.494 e. The molecule has 0 N–H and O–H groups in total. The monoisotopic (exact) mass is 422 g/mol. The summed E-state index contributed by atoms with van der Waals surface area (Å²) in [5.41, 5.74) is -0.428. The second-order valence-corrected chi connectivity index (χ2v) is 7.68. The maximum atomic E-state index is 14.7. The summed E-state index contributed by atoms with van der Waals surface area (Å²) in [6.07, 6.45) is 3.63. The van der Waals surface area contributed by atoms with E-state index in [1.807, 2.05) is 0 Å². The van der Waals surface area contributed by atoms with Gasteiger partial charge < -0.3 is 14.4 Å². The fourth-order valence-corrected chi connectivity index (χ4v) is 3.38. The number of halogens is 3. The van der Waals surface area contributed by atoms with E-state index in [2.05, 4.69) is 0 Å². The average molecular weight is 422 g/mol. The van der Waals surface area contributed by atoms with Crippen LogP contribution in [0.25, 0.3) is 0 Å². The van der Waals surface area contributed by atoms with Gasteiger partial charge in [0.05, 0.1) is 36.4 Å². The predicted octanol–water partition coefficient (Wildman–Crippen LogP) is 4.98. The Labute approximate surface area is 171 Å². The molecule has 0 heterocycles. The van der Waals surface area contributed by atoms with Gasteiger partial charge in [-0.15, -0.1) is 0 Å². The van der Waals surface area contributed by atoms with E-state index in [0.29, 0.717) is 12.5 Å². The molecule has 0 spiro atoms. The first-order valence-corrected chi connectivity index (χ1v) is 9.77. The number of hydrogen-bond donors (Lipinski definition) is 0. The summed E-state index contributed by atoms with van der Waals surface area (Å²) < 4.78 is 53.8. The van der Waals surface area contributed by atoms with Crippen molar-refractivity contribution in [2.45, 2.75) is 38.3 Å². The molecule has 2 saturated carbocycles. The number of benzene rings is 2. The third-order valence-corrected chi connectivity index (χ3v) is 5.40. The van der Waals surface area contributed by atoms with E-state index >= 15 is 0 Å². The van der Waals surface area contributed by atoms with Crippen molar-refractivity contribution in [3.05, 3.63) is 57.4 Å². The fourth-order valence-electron chi connectivity index (χ4n) is 3.38. The standard InChI is InChI=1S/C21H21F3N2O4/c1-29-20-8-16(23)17(26(27)28)9-18(20)25(13-4-5-13)10-14-19(30-11-12-2-3-12)7-6-15(22)21(14)24/h6-9,12-13H,2-5,10-11H2,1H3. The molecule has 4 rings (SSSR count). The van der Waals surface area contributed by atoms with E-state index in [1.165, 1.54) is 13.2 Å². The highest BCUT2D eigenvalue weighted by molar-refractivity contribution is 5.65. The molecule has 160 valence electrons. The van der Waals surface area contributed by atoms with Crippen molar-refractivity contribution >= 4 is 11.4 Å². The minimum absolute atomic E-state index is 0.0246. The van der Waals surface area contributed by atoms with Crippen molar-refractivity contribution in [3.63, 3.8) is 0 Å². The Kier molecular flexibility index (Phi) is 5.44. The van der Waals surface area contributed by atoms with Crippen LogP contribution in [0.4, 0.5) is 24.5 Å². The molecule has 0 bridgehead atoms. The van der Waals surface area contributed by atoms with Gasteiger partial charge in [0.2, 0.25) is 5.82 Å². The van der Waals surface area contributed by atoms with E-state index in [1.54, 1.807) is 4.90 Å². The Bertz CT molecular complexity index is 977. The maximum absolute atomic E-state index is 14.7. The third kappa shape index (κ3) is 4.15. The molecule has 2 aromatic rings. The Balaban J connectivity index is 1.73. The van der Waals surface area contributed by atoms with Crippen LogP contribution in [0.15, 0.2) is 24.3 Å². The van der Waals surface area contributed by atoms with Crippen molar-refractivity contribution in [2.75, 3.05) is 18.6 Å². The van der Waals surface area contributed by atoms with Gasteiger partial charge in [0.15, 0.2) is 11.6 Å². The van der Waals surface area contributed by atoms with Crippen molar-refractivity contribution < 1.29 is 27.6 Å². The van der Waals surface area contributed by atoms with Gasteiger partial charge in [0.1, 0.15) is 11.5 Å². The van der Waals surface area contributed by atoms with Crippen molar-refractivity contribution in [1.82, 2.24) is 0 Å². The van der Waals surface area contributed by atoms with Crippen LogP contribution >= 0.6 is 0 Å². The summed E-state index contributed by atoms with van der Waals surface area (Å²) in [5.74, 6) is -2.31. The number of nitrogens with zero attached hydrogens (tertiary/aromatic N) is 2. The van der Waals surface area contributed by atoms with Crippen molar-refractivity contribution in [2.24, 2.45) is 5.92 Å². The van der Waals surface area contributed by atoms with E-state index in [0.717, 1.165) is 43.9 Å². The zero-order chi connectivity index (χ0) is 21.4. The van der Waals surface area contributed by atoms with Crippen LogP contribution in [-0.4, -0.2) is 24.7 Å². The Hall–Kier alpha value is -2.97. The van der Waals surface area contributed by atoms with Crippen LogP contribution in [0.2, 0.25) is 0 Å². The van der Waals surface area contributed by atoms with Crippen LogP contribution in [0.1, 0.15) is 31.2 Å². The topological polar surface area (TPSA) is 64.8 Å². The lowest BCUT2D eigenvalue weighted by molar-refractivity contribution is -0.387. The molecular formula is C21H21F3N2O4. The van der Waals surface area contributed by atoms with E-state index in [9.17, 15) is 23.3 Å². The Morgan fingerprint density at radius 3 is 2.43 bits per heavy atom. The third-order valence-electron chi connectivity index (χ3n) is 5.40. The highest BCUT2D eigenvalue weighted by Crippen LogP contribution is 2.42. The van der Waals surface area contributed by atoms with Gasteiger partial charge in [-0.3, -0.25) is 10.1 Å². The summed E-state index contributed by atoms with van der Waals surface area (Å²) in [6, 6.07) is 4.38. The number of rotatable bonds is 9. The smallest absolute Gasteiger partial charge is 0.307 e. The quantitative estimate of drug-likeness (QED) is 0.421. The van der Waals surface area contributed by atoms with Gasteiger partial charge in [-0.25, -0.2) is 8.78 Å². The minimum atomic E-state index is -1.03. The first kappa shape index (κ1) is 20.3. The van der Waals surface area contributed by atoms with Crippen molar-refractivity contribution in [1.29, 1.82) is 0 Å². The van der Waals surface area contributed by atoms with Crippen LogP contribution in [-0.2, 0) is 6.54 Å². The number of anilines is 1. The van der Waals surface area contributed by atoms with E-state index in [-0.39, 0.29) is 35.3 Å². The van der Waals surface area contributed by atoms with Crippen LogP contribution < -0.4 is 14.4 Å². The summed E-state index contributed by atoms with van der Waals surface area (Å²) >= 11 is 0. The number of methoxy groups -OCH3 is 1. The zero-order valence-electron chi connectivity index (χ0n) is 16.4. The zero-order valence-corrected chi connectivity index (χ0v) is 16.4. The molecule has 2 aliphatic carbocycles. The molecule has 0 radical (unpaired) electrons. The summed E-state index contributed by atoms with van der Waals surface area (Å²) in [5, 5.41) is 11.2. The molecule has 0 aromatic heterocycles. The van der Waals surface area contributed by atoms with Crippen LogP contribution in [0.5, 0.6) is 11.5 Å². The predicted molar refractivity (Wildman–Crippen MR) is 103 cm³/mol. The Morgan fingerprint density at radius 2 is 1.83 bits per heavy atom. The summed E-state index contributed by atoms with van der Waals surface area (Å²) in [4.78, 5) is 12.1. The average Bonchev–Trinajstić information content (AvgIpc) is 3.62. The first-order valence-electron chi connectivity index (χ1n) is 9.77. The van der Waals surface area contributed by atoms with Gasteiger partial charge in [0, 0.05) is 18.2 Å². The highest BCUT2D eigenvalue weighted by atomic mass is 19.2. The molecule has 2 fully saturated rings. The molecule has 0 aliphatic heterocycles. The van der Waals surface area contributed by atoms with Gasteiger partial charge in [-0.05, 0) is 43.7 Å².